The molecule has 0 bridgehead atoms. The van der Waals surface area contributed by atoms with Crippen LogP contribution in [0.15, 0.2) is 0 Å². The molecule has 16 heteroatoms. The Morgan fingerprint density at radius 3 is 0.844 bits per heavy atom. The molecule has 0 amide bonds. The van der Waals surface area contributed by atoms with E-state index in [0.717, 1.165) is 0 Å². The van der Waals surface area contributed by atoms with Crippen molar-refractivity contribution in [2.45, 2.75) is 27.7 Å². The van der Waals surface area contributed by atoms with Gasteiger partial charge in [-0.1, -0.05) is 0 Å². The van der Waals surface area contributed by atoms with Gasteiger partial charge in [-0.15, -0.1) is 0 Å². The number of rotatable bonds is 10. The van der Waals surface area contributed by atoms with Crippen molar-refractivity contribution >= 4 is 46.2 Å². The van der Waals surface area contributed by atoms with Gasteiger partial charge in [-0.3, -0.25) is 0 Å². The zero-order chi connectivity index (χ0) is 25.8. The van der Waals surface area contributed by atoms with Gasteiger partial charge in [-0.05, 0) is 34.7 Å². The summed E-state index contributed by atoms with van der Waals surface area (Å²) in [4.78, 5) is 2.61. The van der Waals surface area contributed by atoms with Gasteiger partial charge in [0.15, 0.2) is 5.90 Å². The van der Waals surface area contributed by atoms with Crippen molar-refractivity contribution in [3.05, 3.63) is 0 Å². The molecular weight excluding hydrogens is 562 g/mol. The summed E-state index contributed by atoms with van der Waals surface area (Å²) in [6, 6.07) is 0. The van der Waals surface area contributed by atoms with Gasteiger partial charge in [-0.2, -0.15) is 0 Å². The van der Waals surface area contributed by atoms with Crippen LogP contribution in [-0.2, 0) is 16.5 Å². The predicted molar refractivity (Wildman–Crippen MR) is 142 cm³/mol. The first-order chi connectivity index (χ1) is 13.8. The zero-order valence-electron chi connectivity index (χ0n) is 20.9. The molecule has 202 valence electrons. The van der Waals surface area contributed by atoms with Crippen molar-refractivity contribution in [1.82, 2.24) is 4.90 Å². The number of halogens is 8. The van der Waals surface area contributed by atoms with Crippen LogP contribution in [0.2, 0.25) is 0 Å². The molecule has 0 aromatic carbocycles. The minimum Gasteiger partial charge on any atom is -0.418 e. The zero-order valence-corrected chi connectivity index (χ0v) is 25.9. The normalized spacial score (nSPS) is 11.4. The van der Waals surface area contributed by atoms with E-state index in [9.17, 15) is 34.5 Å². The van der Waals surface area contributed by atoms with Crippen molar-refractivity contribution in [1.29, 1.82) is 0 Å². The van der Waals surface area contributed by atoms with Gasteiger partial charge in [-0.25, -0.2) is 4.90 Å². The summed E-state index contributed by atoms with van der Waals surface area (Å²) in [6.07, 6.45) is 8.56. The fourth-order valence-electron chi connectivity index (χ4n) is 2.47. The van der Waals surface area contributed by atoms with Crippen LogP contribution in [0.1, 0.15) is 27.7 Å². The monoisotopic (exact) mass is 607 g/mol. The summed E-state index contributed by atoms with van der Waals surface area (Å²) < 4.78 is 78.0. The molecule has 0 aromatic heterocycles. The minimum absolute atomic E-state index is 0. The Morgan fingerprint density at radius 1 is 0.562 bits per heavy atom. The molecule has 0 aliphatic rings. The van der Waals surface area contributed by atoms with Gasteiger partial charge in [0.05, 0.1) is 24.6 Å². The molecule has 32 heavy (non-hydrogen) atoms. The molecule has 0 unspecified atom stereocenters. The van der Waals surface area contributed by atoms with Crippen LogP contribution in [0.25, 0.3) is 0 Å². The Balaban J connectivity index is -0.000000113. The van der Waals surface area contributed by atoms with Crippen LogP contribution in [-0.4, -0.2) is 96.2 Å². The van der Waals surface area contributed by atoms with E-state index in [4.69, 9.17) is 0 Å². The molecule has 0 radical (unpaired) electrons. The van der Waals surface area contributed by atoms with E-state index in [-0.39, 0.29) is 48.2 Å². The van der Waals surface area contributed by atoms with Gasteiger partial charge in [0.25, 0.3) is 0 Å². The molecule has 0 aromatic rings. The second-order valence-electron chi connectivity index (χ2n) is 7.67. The summed E-state index contributed by atoms with van der Waals surface area (Å²) in [5, 5.41) is 0. The van der Waals surface area contributed by atoms with Crippen LogP contribution >= 0.6 is 31.7 Å². The van der Waals surface area contributed by atoms with Crippen molar-refractivity contribution < 1.29 is 51.0 Å². The maximum atomic E-state index is 9.75. The quantitative estimate of drug-likeness (QED) is 0.139. The minimum atomic E-state index is -6.00. The SMILES string of the molecule is CC[PH+](CC)CN(C)C[PH+](CC)CC.C[PH+](C)C[PH+](C)C.F[B-](F)(F)F.F[B-](F)(F)F.[Ni+2]. The van der Waals surface area contributed by atoms with E-state index in [2.05, 4.69) is 66.3 Å². The third-order valence-electron chi connectivity index (χ3n) is 3.69. The molecule has 0 fully saturated rings. The van der Waals surface area contributed by atoms with E-state index in [1.54, 1.807) is 5.90 Å². The molecule has 1 nitrogen and oxygen atoms in total. The summed E-state index contributed by atoms with van der Waals surface area (Å²) in [6.45, 7) is 19.0. The van der Waals surface area contributed by atoms with E-state index >= 15 is 0 Å². The Kier molecular flexibility index (Phi) is 35.3. The largest absolute Gasteiger partial charge is 2.00 e. The molecule has 0 saturated heterocycles. The number of hydrogen-bond acceptors (Lipinski definition) is 1. The molecular formula is C16H45B2F8NNiP4+4. The van der Waals surface area contributed by atoms with Crippen LogP contribution in [0.3, 0.4) is 0 Å². The maximum absolute atomic E-state index is 9.75. The Morgan fingerprint density at radius 2 is 0.750 bits per heavy atom. The third-order valence-corrected chi connectivity index (χ3v) is 15.3. The van der Waals surface area contributed by atoms with Crippen LogP contribution < -0.4 is 0 Å². The Labute approximate surface area is 206 Å². The topological polar surface area (TPSA) is 3.24 Å². The van der Waals surface area contributed by atoms with Crippen molar-refractivity contribution in [2.24, 2.45) is 0 Å². The smallest absolute Gasteiger partial charge is 0.418 e. The maximum Gasteiger partial charge on any atom is 2.00 e. The molecule has 0 rings (SSSR count). The van der Waals surface area contributed by atoms with Crippen molar-refractivity contribution in [2.75, 3.05) is 76.8 Å². The molecule has 0 aliphatic heterocycles. The molecule has 0 atom stereocenters. The first-order valence-electron chi connectivity index (χ1n) is 10.5. The van der Waals surface area contributed by atoms with Crippen molar-refractivity contribution in [3.63, 3.8) is 0 Å². The first-order valence-corrected chi connectivity index (χ1v) is 20.1. The van der Waals surface area contributed by atoms with E-state index in [1.807, 2.05) is 0 Å². The molecule has 0 aliphatic carbocycles. The van der Waals surface area contributed by atoms with E-state index in [0.29, 0.717) is 0 Å². The fraction of sp³-hybridized carbons (Fsp3) is 1.00. The van der Waals surface area contributed by atoms with Crippen LogP contribution in [0.4, 0.5) is 34.5 Å². The van der Waals surface area contributed by atoms with Crippen LogP contribution in [0, 0.1) is 0 Å². The number of nitrogens with zero attached hydrogens (tertiary/aromatic N) is 1. The van der Waals surface area contributed by atoms with Crippen molar-refractivity contribution in [3.8, 4) is 0 Å². The second kappa shape index (κ2) is 25.8. The van der Waals surface area contributed by atoms with Gasteiger partial charge in [0.2, 0.25) is 0 Å². The molecule has 0 heterocycles. The van der Waals surface area contributed by atoms with E-state index < -0.39 is 14.5 Å². The van der Waals surface area contributed by atoms with Gasteiger partial charge >= 0.3 is 31.0 Å². The third kappa shape index (κ3) is 63.5. The first kappa shape index (κ1) is 43.8. The van der Waals surface area contributed by atoms with Gasteiger partial charge in [0.1, 0.15) is 12.6 Å². The fourth-order valence-corrected chi connectivity index (χ4v) is 12.0. The summed E-state index contributed by atoms with van der Waals surface area (Å²) in [5.74, 6) is 1.56. The standard InChI is InChI=1S/C11H27NP2.C5H14P2.2BF4.Ni/c1-6-13(7-2)10-12(5)11-14(8-3)9-4;1-6(2)5-7(3)4;2*2-1(3,4)5;/h6-11H2,1-5H3;5H2,1-4H3;;;/q;;2*-1;+2/p+4. The summed E-state index contributed by atoms with van der Waals surface area (Å²) in [7, 11) is -9.54. The molecule has 0 spiro atoms. The summed E-state index contributed by atoms with van der Waals surface area (Å²) >= 11 is 0. The average molecular weight is 608 g/mol. The predicted octanol–water partition coefficient (Wildman–Crippen LogP) is 7.83. The van der Waals surface area contributed by atoms with Gasteiger partial charge in [0, 0.05) is 58.3 Å². The number of hydrogen-bond donors (Lipinski definition) is 0. The summed E-state index contributed by atoms with van der Waals surface area (Å²) in [5.41, 5.74) is 0. The van der Waals surface area contributed by atoms with Crippen LogP contribution in [0.5, 0.6) is 0 Å². The Bertz CT molecular complexity index is 333. The molecule has 0 N–H and O–H groups in total. The van der Waals surface area contributed by atoms with E-state index in [1.165, 1.54) is 37.2 Å². The molecule has 0 saturated carbocycles. The average Bonchev–Trinajstić information content (AvgIpc) is 2.53. The van der Waals surface area contributed by atoms with Gasteiger partial charge < -0.3 is 34.5 Å². The Hall–Kier alpha value is 1.74. The second-order valence-corrected chi connectivity index (χ2v) is 20.4.